The van der Waals surface area contributed by atoms with Crippen LogP contribution in [0.5, 0.6) is 0 Å². The number of hydrogen-bond donors (Lipinski definition) is 0. The van der Waals surface area contributed by atoms with Crippen LogP contribution in [0, 0.1) is 0 Å². The van der Waals surface area contributed by atoms with E-state index in [0.717, 1.165) is 0 Å². The summed E-state index contributed by atoms with van der Waals surface area (Å²) >= 11 is 8.72. The van der Waals surface area contributed by atoms with Crippen molar-refractivity contribution in [1.29, 1.82) is 0 Å². The summed E-state index contributed by atoms with van der Waals surface area (Å²) < 4.78 is 0.464. The Morgan fingerprint density at radius 3 is 1.16 bits per heavy atom. The van der Waals surface area contributed by atoms with Crippen LogP contribution >= 0.6 is 39.8 Å². The summed E-state index contributed by atoms with van der Waals surface area (Å²) in [6.07, 6.45) is 0. The summed E-state index contributed by atoms with van der Waals surface area (Å²) in [7, 11) is -3.39. The van der Waals surface area contributed by atoms with Crippen LogP contribution in [0.1, 0.15) is 79.0 Å². The van der Waals surface area contributed by atoms with Gasteiger partial charge in [-0.2, -0.15) is 0 Å². The smallest absolute Gasteiger partial charge is 0.0690 e. The van der Waals surface area contributed by atoms with Crippen LogP contribution in [0.2, 0.25) is 39.3 Å². The first-order chi connectivity index (χ1) is 13.3. The third-order valence-electron chi connectivity index (χ3n) is 6.99. The Morgan fingerprint density at radius 2 is 0.968 bits per heavy atom. The molecule has 1 fully saturated rings. The van der Waals surface area contributed by atoms with E-state index in [1.807, 2.05) is 0 Å². The van der Waals surface area contributed by atoms with E-state index >= 15 is 0 Å². The van der Waals surface area contributed by atoms with Crippen molar-refractivity contribution in [3.63, 3.8) is 0 Å². The van der Waals surface area contributed by atoms with Gasteiger partial charge in [-0.05, 0) is 46.2 Å². The van der Waals surface area contributed by atoms with Crippen LogP contribution < -0.4 is 5.30 Å². The first-order valence-corrected chi connectivity index (χ1v) is 21.6. The molecule has 1 aliphatic rings. The minimum Gasteiger partial charge on any atom is -0.0690 e. The second-order valence-electron chi connectivity index (χ2n) is 14.8. The first kappa shape index (κ1) is 28.3. The van der Waals surface area contributed by atoms with E-state index in [9.17, 15) is 0 Å². The van der Waals surface area contributed by atoms with Gasteiger partial charge in [0, 0.05) is 4.40 Å². The lowest BCUT2D eigenvalue weighted by Gasteiger charge is -2.42. The molecule has 1 unspecified atom stereocenters. The number of rotatable bonds is 3. The molecule has 0 amide bonds. The summed E-state index contributed by atoms with van der Waals surface area (Å²) in [5.41, 5.74) is 5.01. The van der Waals surface area contributed by atoms with Gasteiger partial charge in [-0.1, -0.05) is 146 Å². The average molecular weight is 607 g/mol. The Bertz CT molecular complexity index is 805. The van der Waals surface area contributed by atoms with Gasteiger partial charge in [0.2, 0.25) is 0 Å². The highest BCUT2D eigenvalue weighted by Gasteiger charge is 2.84. The van der Waals surface area contributed by atoms with Crippen LogP contribution in [0.15, 0.2) is 12.1 Å². The van der Waals surface area contributed by atoms with Gasteiger partial charge >= 0.3 is 0 Å². The molecular formula is C26H47Br2PSi2. The van der Waals surface area contributed by atoms with Crippen molar-refractivity contribution in [2.45, 2.75) is 125 Å². The van der Waals surface area contributed by atoms with Crippen molar-refractivity contribution in [2.24, 2.45) is 0 Å². The average Bonchev–Trinajstić information content (AvgIpc) is 3.00. The third-order valence-corrected chi connectivity index (χ3v) is 30.4. The fourth-order valence-electron chi connectivity index (χ4n) is 5.76. The summed E-state index contributed by atoms with van der Waals surface area (Å²) in [5, 5.41) is 1.70. The lowest BCUT2D eigenvalue weighted by molar-refractivity contribution is 0.553. The molecule has 1 aromatic carbocycles. The Balaban J connectivity index is 3.07. The molecule has 178 valence electrons. The standard InChI is InChI=1S/C26H47Br2PSi2/c1-22(2,3)18-16-19(23(4,5)6)21(20(17-18)24(7,8)9)29-25(27,28)26(29,30(10,11)12)31(13,14)15/h16-17H,1-15H3. The van der Waals surface area contributed by atoms with Gasteiger partial charge in [-0.3, -0.25) is 0 Å². The van der Waals surface area contributed by atoms with Gasteiger partial charge in [-0.15, -0.1) is 0 Å². The number of halogens is 2. The molecule has 0 spiro atoms. The monoisotopic (exact) mass is 604 g/mol. The van der Waals surface area contributed by atoms with E-state index < -0.39 is 16.1 Å². The minimum absolute atomic E-state index is 0.0561. The van der Waals surface area contributed by atoms with E-state index in [1.165, 1.54) is 5.56 Å². The zero-order valence-electron chi connectivity index (χ0n) is 22.9. The Kier molecular flexibility index (Phi) is 7.09. The van der Waals surface area contributed by atoms with E-state index in [4.69, 9.17) is 0 Å². The predicted molar refractivity (Wildman–Crippen MR) is 159 cm³/mol. The van der Waals surface area contributed by atoms with Gasteiger partial charge in [0.15, 0.2) is 0 Å². The minimum atomic E-state index is -1.51. The van der Waals surface area contributed by atoms with Crippen LogP contribution in [-0.2, 0) is 16.2 Å². The lowest BCUT2D eigenvalue weighted by atomic mass is 9.75. The van der Waals surface area contributed by atoms with E-state index in [1.54, 1.807) is 16.4 Å². The molecule has 1 aliphatic heterocycles. The largest absolute Gasteiger partial charge is 0.109 e. The van der Waals surface area contributed by atoms with Gasteiger partial charge in [0.25, 0.3) is 0 Å². The second kappa shape index (κ2) is 7.77. The highest BCUT2D eigenvalue weighted by Crippen LogP contribution is 2.92. The van der Waals surface area contributed by atoms with Gasteiger partial charge in [-0.25, -0.2) is 0 Å². The maximum absolute atomic E-state index is 4.36. The van der Waals surface area contributed by atoms with Crippen molar-refractivity contribution >= 4 is 61.2 Å². The van der Waals surface area contributed by atoms with Gasteiger partial charge < -0.3 is 0 Å². The molecular weight excluding hydrogens is 559 g/mol. The summed E-state index contributed by atoms with van der Waals surface area (Å²) in [6, 6.07) is 5.14. The number of hydrogen-bond acceptors (Lipinski definition) is 0. The van der Waals surface area contributed by atoms with Crippen LogP contribution in [-0.4, -0.2) is 23.5 Å². The number of benzene rings is 1. The van der Waals surface area contributed by atoms with E-state index in [0.29, 0.717) is 4.40 Å². The highest BCUT2D eigenvalue weighted by molar-refractivity contribution is 9.28. The molecule has 1 saturated heterocycles. The van der Waals surface area contributed by atoms with Crippen molar-refractivity contribution in [3.8, 4) is 0 Å². The van der Waals surface area contributed by atoms with Gasteiger partial charge in [0.05, 0.1) is 16.1 Å². The molecule has 2 rings (SSSR count). The summed E-state index contributed by atoms with van der Waals surface area (Å²) in [5.74, 6) is 0. The maximum atomic E-state index is 4.36. The number of alkyl halides is 2. The van der Waals surface area contributed by atoms with Crippen LogP contribution in [0.3, 0.4) is 0 Å². The van der Waals surface area contributed by atoms with Gasteiger partial charge in [0.1, 0.15) is 2.97 Å². The Hall–Kier alpha value is 1.04. The lowest BCUT2D eigenvalue weighted by Crippen LogP contribution is -2.59. The van der Waals surface area contributed by atoms with Crippen LogP contribution in [0.25, 0.3) is 0 Å². The fraction of sp³-hybridized carbons (Fsp3) is 0.769. The zero-order valence-corrected chi connectivity index (χ0v) is 28.9. The molecule has 0 radical (unpaired) electrons. The Morgan fingerprint density at radius 1 is 0.645 bits per heavy atom. The van der Waals surface area contributed by atoms with Crippen molar-refractivity contribution < 1.29 is 0 Å². The maximum Gasteiger partial charge on any atom is 0.109 e. The quantitative estimate of drug-likeness (QED) is 0.183. The molecule has 0 aliphatic carbocycles. The molecule has 0 nitrogen and oxygen atoms in total. The van der Waals surface area contributed by atoms with Crippen LogP contribution in [0.4, 0.5) is 0 Å². The molecule has 31 heavy (non-hydrogen) atoms. The summed E-state index contributed by atoms with van der Waals surface area (Å²) in [4.78, 5) is 0. The second-order valence-corrected chi connectivity index (χ2v) is 33.7. The molecule has 0 aromatic heterocycles. The zero-order chi connectivity index (χ0) is 24.8. The fourth-order valence-corrected chi connectivity index (χ4v) is 40.9. The topological polar surface area (TPSA) is 0 Å². The Labute approximate surface area is 214 Å². The normalized spacial score (nSPS) is 21.9. The molecule has 1 atom stereocenters. The molecule has 5 heteroatoms. The summed E-state index contributed by atoms with van der Waals surface area (Å²) in [6.45, 7) is 37.2. The predicted octanol–water partition coefficient (Wildman–Crippen LogP) is 9.64. The highest BCUT2D eigenvalue weighted by atomic mass is 79.9. The molecule has 0 bridgehead atoms. The molecule has 0 saturated carbocycles. The molecule has 1 aromatic rings. The van der Waals surface area contributed by atoms with Crippen molar-refractivity contribution in [1.82, 2.24) is 0 Å². The van der Waals surface area contributed by atoms with E-state index in [2.05, 4.69) is 146 Å². The third kappa shape index (κ3) is 4.53. The molecule has 0 N–H and O–H groups in total. The molecule has 1 heterocycles. The van der Waals surface area contributed by atoms with Crippen molar-refractivity contribution in [3.05, 3.63) is 28.8 Å². The first-order valence-electron chi connectivity index (χ1n) is 11.7. The SMILES string of the molecule is CC(C)(C)c1cc(C(C)(C)C)c(P2C(Br)(Br)C2([Si](C)(C)C)[Si](C)(C)C)c(C(C)(C)C)c1. The van der Waals surface area contributed by atoms with Crippen molar-refractivity contribution in [2.75, 3.05) is 0 Å². The van der Waals surface area contributed by atoms with E-state index in [-0.39, 0.29) is 27.1 Å².